The number of ether oxygens (including phenoxy) is 1. The molecule has 1 aliphatic heterocycles. The number of carboxylic acids is 1. The van der Waals surface area contributed by atoms with Crippen LogP contribution in [0.4, 0.5) is 0 Å². The van der Waals surface area contributed by atoms with E-state index in [4.69, 9.17) is 0 Å². The third-order valence-corrected chi connectivity index (χ3v) is 1.57. The van der Waals surface area contributed by atoms with Crippen LogP contribution in [0.2, 0.25) is 0 Å². The summed E-state index contributed by atoms with van der Waals surface area (Å²) in [5.74, 6) is -3.32. The number of carboxylic acid groups (broad SMARTS) is 1. The van der Waals surface area contributed by atoms with Crippen LogP contribution in [-0.4, -0.2) is 18.5 Å². The summed E-state index contributed by atoms with van der Waals surface area (Å²) in [4.78, 5) is 20.8. The van der Waals surface area contributed by atoms with Gasteiger partial charge in [-0.05, 0) is 0 Å². The lowest BCUT2D eigenvalue weighted by molar-refractivity contribution is -0.310. The lowest BCUT2D eigenvalue weighted by Gasteiger charge is -2.09. The van der Waals surface area contributed by atoms with Crippen LogP contribution < -0.4 is 5.11 Å². The highest BCUT2D eigenvalue weighted by Crippen LogP contribution is 2.20. The van der Waals surface area contributed by atoms with Crippen LogP contribution in [-0.2, 0) is 14.3 Å². The Balaban J connectivity index is 2.72. The maximum absolute atomic E-state index is 10.6. The summed E-state index contributed by atoms with van der Waals surface area (Å²) >= 11 is 0. The van der Waals surface area contributed by atoms with Crippen LogP contribution in [0.1, 0.15) is 6.92 Å². The summed E-state index contributed by atoms with van der Waals surface area (Å²) < 4.78 is 4.48. The van der Waals surface area contributed by atoms with Crippen molar-refractivity contribution in [3.8, 4) is 0 Å². The van der Waals surface area contributed by atoms with Gasteiger partial charge >= 0.3 is 5.97 Å². The van der Waals surface area contributed by atoms with Gasteiger partial charge in [-0.25, -0.2) is 0 Å². The number of aliphatic carboxylic acids is 1. The first-order valence-electron chi connectivity index (χ1n) is 3.00. The average Bonchev–Trinajstić information content (AvgIpc) is 2.11. The van der Waals surface area contributed by atoms with E-state index < -0.39 is 17.9 Å². The first kappa shape index (κ1) is 7.05. The van der Waals surface area contributed by atoms with E-state index in [1.807, 2.05) is 0 Å². The molecule has 1 rings (SSSR count). The van der Waals surface area contributed by atoms with E-state index in [-0.39, 0.29) is 12.5 Å². The zero-order valence-electron chi connectivity index (χ0n) is 5.49. The molecule has 0 aromatic carbocycles. The molecule has 4 heteroatoms. The number of cyclic esters (lactones) is 1. The Morgan fingerprint density at radius 3 is 2.60 bits per heavy atom. The van der Waals surface area contributed by atoms with E-state index in [1.54, 1.807) is 6.92 Å². The van der Waals surface area contributed by atoms with E-state index in [0.717, 1.165) is 0 Å². The molecule has 0 spiro atoms. The topological polar surface area (TPSA) is 66.4 Å². The Bertz CT molecular complexity index is 175. The molecule has 1 saturated heterocycles. The van der Waals surface area contributed by atoms with Crippen LogP contribution in [0.15, 0.2) is 0 Å². The molecule has 0 saturated carbocycles. The van der Waals surface area contributed by atoms with Gasteiger partial charge in [0.2, 0.25) is 0 Å². The molecule has 0 unspecified atom stereocenters. The first-order chi connectivity index (χ1) is 4.63. The SMILES string of the molecule is C[C@@H]1COC(=O)[C@H]1C(=O)[O-]. The third kappa shape index (κ3) is 0.964. The van der Waals surface area contributed by atoms with E-state index in [2.05, 4.69) is 4.74 Å². The van der Waals surface area contributed by atoms with Crippen molar-refractivity contribution in [1.29, 1.82) is 0 Å². The van der Waals surface area contributed by atoms with Crippen molar-refractivity contribution in [3.05, 3.63) is 0 Å². The normalized spacial score (nSPS) is 31.9. The zero-order valence-corrected chi connectivity index (χ0v) is 5.49. The lowest BCUT2D eigenvalue weighted by atomic mass is 9.98. The van der Waals surface area contributed by atoms with Crippen LogP contribution in [0, 0.1) is 11.8 Å². The van der Waals surface area contributed by atoms with Crippen LogP contribution in [0.3, 0.4) is 0 Å². The van der Waals surface area contributed by atoms with Gasteiger partial charge in [0.15, 0.2) is 0 Å². The number of hydrogen-bond donors (Lipinski definition) is 0. The fourth-order valence-electron chi connectivity index (χ4n) is 0.960. The van der Waals surface area contributed by atoms with Gasteiger partial charge in [-0.3, -0.25) is 4.79 Å². The number of esters is 1. The van der Waals surface area contributed by atoms with Gasteiger partial charge in [-0.1, -0.05) is 6.92 Å². The molecule has 0 amide bonds. The van der Waals surface area contributed by atoms with Crippen LogP contribution in [0.25, 0.3) is 0 Å². The van der Waals surface area contributed by atoms with Crippen molar-refractivity contribution in [1.82, 2.24) is 0 Å². The minimum Gasteiger partial charge on any atom is -0.549 e. The molecule has 0 radical (unpaired) electrons. The minimum atomic E-state index is -1.34. The van der Waals surface area contributed by atoms with Gasteiger partial charge in [-0.15, -0.1) is 0 Å². The predicted molar refractivity (Wildman–Crippen MR) is 28.6 cm³/mol. The van der Waals surface area contributed by atoms with Crippen molar-refractivity contribution in [3.63, 3.8) is 0 Å². The molecule has 0 aliphatic carbocycles. The molecule has 10 heavy (non-hydrogen) atoms. The van der Waals surface area contributed by atoms with Gasteiger partial charge < -0.3 is 14.6 Å². The van der Waals surface area contributed by atoms with Crippen molar-refractivity contribution in [2.45, 2.75) is 6.92 Å². The zero-order chi connectivity index (χ0) is 7.72. The van der Waals surface area contributed by atoms with Gasteiger partial charge in [0.25, 0.3) is 0 Å². The molecular weight excluding hydrogens is 136 g/mol. The van der Waals surface area contributed by atoms with Gasteiger partial charge in [0.05, 0.1) is 12.6 Å². The number of rotatable bonds is 1. The van der Waals surface area contributed by atoms with Crippen molar-refractivity contribution < 1.29 is 19.4 Å². The first-order valence-corrected chi connectivity index (χ1v) is 3.00. The molecule has 1 heterocycles. The molecule has 56 valence electrons. The van der Waals surface area contributed by atoms with Gasteiger partial charge in [-0.2, -0.15) is 0 Å². The summed E-state index contributed by atoms with van der Waals surface area (Å²) in [6.07, 6.45) is 0. The van der Waals surface area contributed by atoms with Crippen LogP contribution in [0.5, 0.6) is 0 Å². The molecule has 0 aromatic rings. The largest absolute Gasteiger partial charge is 0.549 e. The van der Waals surface area contributed by atoms with E-state index in [0.29, 0.717) is 0 Å². The fraction of sp³-hybridized carbons (Fsp3) is 0.667. The average molecular weight is 143 g/mol. The Morgan fingerprint density at radius 1 is 1.80 bits per heavy atom. The molecule has 0 bridgehead atoms. The van der Waals surface area contributed by atoms with Crippen molar-refractivity contribution in [2.75, 3.05) is 6.61 Å². The molecule has 4 nitrogen and oxygen atoms in total. The highest BCUT2D eigenvalue weighted by Gasteiger charge is 2.34. The summed E-state index contributed by atoms with van der Waals surface area (Å²) in [7, 11) is 0. The number of carbonyl (C=O) groups is 2. The second-order valence-corrected chi connectivity index (χ2v) is 2.40. The monoisotopic (exact) mass is 143 g/mol. The second kappa shape index (κ2) is 2.28. The summed E-state index contributed by atoms with van der Waals surface area (Å²) in [6.45, 7) is 1.84. The van der Waals surface area contributed by atoms with Crippen molar-refractivity contribution in [2.24, 2.45) is 11.8 Å². The lowest BCUT2D eigenvalue weighted by Crippen LogP contribution is -2.36. The van der Waals surface area contributed by atoms with E-state index in [1.165, 1.54) is 0 Å². The van der Waals surface area contributed by atoms with Crippen LogP contribution >= 0.6 is 0 Å². The molecule has 0 N–H and O–H groups in total. The summed E-state index contributed by atoms with van der Waals surface area (Å²) in [5, 5.41) is 10.2. The number of carbonyl (C=O) groups excluding carboxylic acids is 2. The highest BCUT2D eigenvalue weighted by atomic mass is 16.5. The Hall–Kier alpha value is -1.06. The maximum Gasteiger partial charge on any atom is 0.315 e. The highest BCUT2D eigenvalue weighted by molar-refractivity contribution is 5.94. The van der Waals surface area contributed by atoms with Gasteiger partial charge in [0, 0.05) is 5.92 Å². The predicted octanol–water partition coefficient (Wildman–Crippen LogP) is -1.45. The summed E-state index contributed by atoms with van der Waals surface area (Å²) in [6, 6.07) is 0. The Labute approximate surface area is 57.8 Å². The molecule has 0 aromatic heterocycles. The van der Waals surface area contributed by atoms with E-state index >= 15 is 0 Å². The molecule has 2 atom stereocenters. The summed E-state index contributed by atoms with van der Waals surface area (Å²) in [5.41, 5.74) is 0. The smallest absolute Gasteiger partial charge is 0.315 e. The second-order valence-electron chi connectivity index (χ2n) is 2.40. The molecule has 1 aliphatic rings. The molecule has 1 fully saturated rings. The Kier molecular flexibility index (Phi) is 1.61. The van der Waals surface area contributed by atoms with E-state index in [9.17, 15) is 14.7 Å². The quantitative estimate of drug-likeness (QED) is 0.332. The minimum absolute atomic E-state index is 0.192. The Morgan fingerprint density at radius 2 is 2.40 bits per heavy atom. The standard InChI is InChI=1S/C6H8O4/c1-3-2-10-6(9)4(3)5(7)8/h3-4H,2H2,1H3,(H,7,8)/p-1/t3-,4-/m1/s1. The third-order valence-electron chi connectivity index (χ3n) is 1.57. The fourth-order valence-corrected chi connectivity index (χ4v) is 0.960. The maximum atomic E-state index is 10.6. The molecular formula is C6H7O4-. The van der Waals surface area contributed by atoms with Gasteiger partial charge in [0.1, 0.15) is 5.92 Å². The number of hydrogen-bond acceptors (Lipinski definition) is 4. The van der Waals surface area contributed by atoms with Crippen molar-refractivity contribution >= 4 is 11.9 Å².